The lowest BCUT2D eigenvalue weighted by Crippen LogP contribution is -2.13. The molecule has 0 aliphatic carbocycles. The van der Waals surface area contributed by atoms with E-state index in [9.17, 15) is 18.4 Å². The molecule has 2 amide bonds. The Morgan fingerprint density at radius 1 is 0.909 bits per heavy atom. The van der Waals surface area contributed by atoms with Crippen LogP contribution in [0.1, 0.15) is 22.8 Å². The first-order valence-electron chi connectivity index (χ1n) is 10.1. The number of aryl methyl sites for hydroxylation is 1. The normalized spacial score (nSPS) is 10.7. The van der Waals surface area contributed by atoms with Gasteiger partial charge in [-0.15, -0.1) is 0 Å². The molecule has 0 unspecified atom stereocenters. The van der Waals surface area contributed by atoms with Crippen LogP contribution in [-0.4, -0.2) is 21.6 Å². The quantitative estimate of drug-likeness (QED) is 0.435. The first-order valence-corrected chi connectivity index (χ1v) is 10.1. The van der Waals surface area contributed by atoms with Crippen molar-refractivity contribution in [2.24, 2.45) is 0 Å². The fourth-order valence-electron chi connectivity index (χ4n) is 3.28. The monoisotopic (exact) mass is 446 g/mol. The summed E-state index contributed by atoms with van der Waals surface area (Å²) in [6, 6.07) is 17.2. The van der Waals surface area contributed by atoms with E-state index in [2.05, 4.69) is 15.7 Å². The number of amides is 2. The molecule has 4 rings (SSSR count). The van der Waals surface area contributed by atoms with E-state index in [1.807, 2.05) is 31.2 Å². The van der Waals surface area contributed by atoms with Gasteiger partial charge in [0.1, 0.15) is 17.3 Å². The number of nitrogens with zero attached hydrogens (tertiary/aromatic N) is 2. The van der Waals surface area contributed by atoms with Gasteiger partial charge in [-0.25, -0.2) is 13.5 Å². The molecule has 4 aromatic rings. The third-order valence-corrected chi connectivity index (χ3v) is 4.91. The van der Waals surface area contributed by atoms with Gasteiger partial charge in [0.2, 0.25) is 5.91 Å². The van der Waals surface area contributed by atoms with Gasteiger partial charge in [0.05, 0.1) is 16.9 Å². The lowest BCUT2D eigenvalue weighted by molar-refractivity contribution is -0.114. The summed E-state index contributed by atoms with van der Waals surface area (Å²) in [5, 5.41) is 9.67. The molecule has 6 nitrogen and oxygen atoms in total. The van der Waals surface area contributed by atoms with Gasteiger partial charge in [-0.3, -0.25) is 9.59 Å². The molecule has 0 radical (unpaired) electrons. The number of carbonyl (C=O) groups excluding carboxylic acids is 2. The Balaban J connectivity index is 1.72. The van der Waals surface area contributed by atoms with Gasteiger partial charge < -0.3 is 10.6 Å². The van der Waals surface area contributed by atoms with Gasteiger partial charge in [-0.2, -0.15) is 5.10 Å². The van der Waals surface area contributed by atoms with Crippen LogP contribution in [0, 0.1) is 18.6 Å². The van der Waals surface area contributed by atoms with E-state index in [0.29, 0.717) is 17.1 Å². The molecule has 0 aliphatic rings. The summed E-state index contributed by atoms with van der Waals surface area (Å²) in [6.45, 7) is 3.22. The van der Waals surface area contributed by atoms with E-state index in [1.54, 1.807) is 18.3 Å². The molecular weight excluding hydrogens is 426 g/mol. The molecule has 8 heteroatoms. The van der Waals surface area contributed by atoms with E-state index >= 15 is 0 Å². The summed E-state index contributed by atoms with van der Waals surface area (Å²) in [4.78, 5) is 24.5. The molecule has 1 aromatic heterocycles. The van der Waals surface area contributed by atoms with E-state index in [-0.39, 0.29) is 17.1 Å². The van der Waals surface area contributed by atoms with E-state index < -0.39 is 17.6 Å². The lowest BCUT2D eigenvalue weighted by Gasteiger charge is -2.09. The molecule has 0 spiro atoms. The maximum Gasteiger partial charge on any atom is 0.259 e. The summed E-state index contributed by atoms with van der Waals surface area (Å²) >= 11 is 0. The zero-order valence-electron chi connectivity index (χ0n) is 17.9. The van der Waals surface area contributed by atoms with Crippen molar-refractivity contribution in [3.8, 4) is 16.9 Å². The van der Waals surface area contributed by atoms with E-state index in [4.69, 9.17) is 0 Å². The van der Waals surface area contributed by atoms with Crippen LogP contribution >= 0.6 is 0 Å². The number of halogens is 2. The predicted octanol–water partition coefficient (Wildman–Crippen LogP) is 5.34. The molecule has 2 N–H and O–H groups in total. The fraction of sp³-hybridized carbons (Fsp3) is 0.0800. The van der Waals surface area contributed by atoms with Crippen LogP contribution in [0.5, 0.6) is 0 Å². The zero-order chi connectivity index (χ0) is 23.5. The zero-order valence-corrected chi connectivity index (χ0v) is 17.9. The topological polar surface area (TPSA) is 76.0 Å². The van der Waals surface area contributed by atoms with Crippen LogP contribution in [-0.2, 0) is 4.79 Å². The van der Waals surface area contributed by atoms with Crippen molar-refractivity contribution < 1.29 is 18.4 Å². The Bertz CT molecular complexity index is 1330. The molecule has 3 aromatic carbocycles. The van der Waals surface area contributed by atoms with Gasteiger partial charge in [0.15, 0.2) is 0 Å². The Labute approximate surface area is 188 Å². The third-order valence-electron chi connectivity index (χ3n) is 4.91. The lowest BCUT2D eigenvalue weighted by atomic mass is 10.1. The number of hydrogen-bond donors (Lipinski definition) is 2. The summed E-state index contributed by atoms with van der Waals surface area (Å²) in [7, 11) is 0. The van der Waals surface area contributed by atoms with E-state index in [1.165, 1.54) is 35.9 Å². The first kappa shape index (κ1) is 21.9. The molecule has 0 bridgehead atoms. The molecule has 0 saturated heterocycles. The number of benzene rings is 3. The van der Waals surface area contributed by atoms with Crippen molar-refractivity contribution in [3.05, 3.63) is 95.7 Å². The highest BCUT2D eigenvalue weighted by Crippen LogP contribution is 2.26. The smallest absolute Gasteiger partial charge is 0.259 e. The standard InChI is InChI=1S/C25H20F2N4O2/c1-15-3-5-17(6-4-15)24-21(14-31(30-24)20-10-7-18(26)8-11-20)25(33)29-19-9-12-22(27)23(13-19)28-16(2)32/h3-14H,1-2H3,(H,28,32)(H,29,33). The molecule has 1 heterocycles. The Morgan fingerprint density at radius 2 is 1.61 bits per heavy atom. The summed E-state index contributed by atoms with van der Waals surface area (Å²) in [5.74, 6) is -1.90. The van der Waals surface area contributed by atoms with Crippen molar-refractivity contribution >= 4 is 23.2 Å². The van der Waals surface area contributed by atoms with Gasteiger partial charge in [0, 0.05) is 24.4 Å². The van der Waals surface area contributed by atoms with Gasteiger partial charge in [-0.1, -0.05) is 29.8 Å². The Kier molecular flexibility index (Phi) is 5.99. The number of nitrogens with one attached hydrogen (secondary N) is 2. The van der Waals surface area contributed by atoms with Gasteiger partial charge in [-0.05, 0) is 49.4 Å². The number of anilines is 2. The van der Waals surface area contributed by atoms with Crippen LogP contribution in [0.15, 0.2) is 72.9 Å². The highest BCUT2D eigenvalue weighted by molar-refractivity contribution is 6.08. The second-order valence-corrected chi connectivity index (χ2v) is 7.51. The molecule has 0 saturated carbocycles. The molecule has 166 valence electrons. The molecule has 0 aliphatic heterocycles. The van der Waals surface area contributed by atoms with Crippen molar-refractivity contribution in [2.75, 3.05) is 10.6 Å². The number of rotatable bonds is 5. The molecule has 0 atom stereocenters. The van der Waals surface area contributed by atoms with E-state index in [0.717, 1.165) is 17.2 Å². The van der Waals surface area contributed by atoms with Crippen molar-refractivity contribution in [1.29, 1.82) is 0 Å². The largest absolute Gasteiger partial charge is 0.324 e. The van der Waals surface area contributed by atoms with Crippen molar-refractivity contribution in [2.45, 2.75) is 13.8 Å². The maximum absolute atomic E-state index is 14.0. The first-order chi connectivity index (χ1) is 15.8. The van der Waals surface area contributed by atoms with Crippen LogP contribution < -0.4 is 10.6 Å². The average molecular weight is 446 g/mol. The second kappa shape index (κ2) is 9.04. The second-order valence-electron chi connectivity index (χ2n) is 7.51. The van der Waals surface area contributed by atoms with Crippen LogP contribution in [0.3, 0.4) is 0 Å². The molecule has 33 heavy (non-hydrogen) atoms. The molecular formula is C25H20F2N4O2. The van der Waals surface area contributed by atoms with Gasteiger partial charge in [0.25, 0.3) is 5.91 Å². The fourth-order valence-corrected chi connectivity index (χ4v) is 3.28. The minimum Gasteiger partial charge on any atom is -0.324 e. The maximum atomic E-state index is 14.0. The number of carbonyl (C=O) groups is 2. The number of hydrogen-bond acceptors (Lipinski definition) is 3. The summed E-state index contributed by atoms with van der Waals surface area (Å²) in [6.07, 6.45) is 1.55. The SMILES string of the molecule is CC(=O)Nc1cc(NC(=O)c2cn(-c3ccc(F)cc3)nc2-c2ccc(C)cc2)ccc1F. The summed E-state index contributed by atoms with van der Waals surface area (Å²) < 4.78 is 28.8. The minimum absolute atomic E-state index is 0.0407. The molecule has 0 fully saturated rings. The Hall–Kier alpha value is -4.33. The van der Waals surface area contributed by atoms with Crippen LogP contribution in [0.4, 0.5) is 20.2 Å². The Morgan fingerprint density at radius 3 is 2.27 bits per heavy atom. The van der Waals surface area contributed by atoms with Crippen molar-refractivity contribution in [1.82, 2.24) is 9.78 Å². The minimum atomic E-state index is -0.618. The van der Waals surface area contributed by atoms with Crippen LogP contribution in [0.25, 0.3) is 16.9 Å². The average Bonchev–Trinajstić information content (AvgIpc) is 3.22. The third kappa shape index (κ3) is 4.95. The summed E-state index contributed by atoms with van der Waals surface area (Å²) in [5.41, 5.74) is 3.33. The number of aromatic nitrogens is 2. The highest BCUT2D eigenvalue weighted by Gasteiger charge is 2.19. The predicted molar refractivity (Wildman–Crippen MR) is 122 cm³/mol. The highest BCUT2D eigenvalue weighted by atomic mass is 19.1. The van der Waals surface area contributed by atoms with Crippen molar-refractivity contribution in [3.63, 3.8) is 0 Å². The van der Waals surface area contributed by atoms with Gasteiger partial charge >= 0.3 is 0 Å². The van der Waals surface area contributed by atoms with Crippen LogP contribution in [0.2, 0.25) is 0 Å².